The lowest BCUT2D eigenvalue weighted by atomic mass is 10.1. The van der Waals surface area contributed by atoms with Gasteiger partial charge in [-0.15, -0.1) is 0 Å². The van der Waals surface area contributed by atoms with E-state index in [-0.39, 0.29) is 11.5 Å². The molecule has 0 bridgehead atoms. The first-order chi connectivity index (χ1) is 11.3. The molecule has 1 fully saturated rings. The maximum absolute atomic E-state index is 12.0. The van der Waals surface area contributed by atoms with Crippen molar-refractivity contribution in [1.29, 1.82) is 5.26 Å². The predicted molar refractivity (Wildman–Crippen MR) is 91.7 cm³/mol. The number of amides is 1. The molecule has 0 aliphatic heterocycles. The Morgan fingerprint density at radius 3 is 2.57 bits per heavy atom. The van der Waals surface area contributed by atoms with Crippen LogP contribution < -0.4 is 10.6 Å². The molecule has 0 aromatic rings. The molecule has 5 nitrogen and oxygen atoms in total. The van der Waals surface area contributed by atoms with Gasteiger partial charge in [0, 0.05) is 32.0 Å². The Kier molecular flexibility index (Phi) is 11.0. The van der Waals surface area contributed by atoms with Gasteiger partial charge in [0.2, 0.25) is 0 Å². The molecule has 1 saturated carbocycles. The summed E-state index contributed by atoms with van der Waals surface area (Å²) in [5.74, 6) is -0.304. The molecule has 0 aromatic heterocycles. The van der Waals surface area contributed by atoms with Gasteiger partial charge in [0.1, 0.15) is 11.6 Å². The number of hydrogen-bond acceptors (Lipinski definition) is 4. The quantitative estimate of drug-likeness (QED) is 0.281. The number of nitrogens with zero attached hydrogens (tertiary/aromatic N) is 1. The molecule has 2 N–H and O–H groups in total. The zero-order valence-electron chi connectivity index (χ0n) is 14.4. The third kappa shape index (κ3) is 9.25. The van der Waals surface area contributed by atoms with Crippen LogP contribution in [-0.2, 0) is 9.53 Å². The number of nitrogens with one attached hydrogen (secondary N) is 2. The van der Waals surface area contributed by atoms with Crippen molar-refractivity contribution in [2.75, 3.05) is 19.8 Å². The van der Waals surface area contributed by atoms with E-state index < -0.39 is 0 Å². The van der Waals surface area contributed by atoms with E-state index in [0.29, 0.717) is 19.2 Å². The second-order valence-corrected chi connectivity index (χ2v) is 6.10. The Labute approximate surface area is 140 Å². The van der Waals surface area contributed by atoms with E-state index in [2.05, 4.69) is 17.6 Å². The van der Waals surface area contributed by atoms with Gasteiger partial charge < -0.3 is 15.4 Å². The number of carbonyl (C=O) groups excluding carboxylic acids is 1. The highest BCUT2D eigenvalue weighted by Gasteiger charge is 2.12. The Bertz CT molecular complexity index is 394. The molecule has 0 aromatic carbocycles. The molecule has 1 aliphatic carbocycles. The summed E-state index contributed by atoms with van der Waals surface area (Å²) in [5.41, 5.74) is 0.154. The van der Waals surface area contributed by atoms with E-state index in [1.165, 1.54) is 25.7 Å². The third-order valence-electron chi connectivity index (χ3n) is 4.08. The number of rotatable bonds is 10. The average molecular weight is 321 g/mol. The lowest BCUT2D eigenvalue weighted by molar-refractivity contribution is -0.117. The van der Waals surface area contributed by atoms with Crippen LogP contribution in [0.2, 0.25) is 0 Å². The van der Waals surface area contributed by atoms with Crippen molar-refractivity contribution in [2.24, 2.45) is 0 Å². The fourth-order valence-corrected chi connectivity index (χ4v) is 2.62. The zero-order chi connectivity index (χ0) is 16.8. The van der Waals surface area contributed by atoms with Gasteiger partial charge in [0.15, 0.2) is 0 Å². The summed E-state index contributed by atoms with van der Waals surface area (Å²) in [6, 6.07) is 2.37. The molecule has 130 valence electrons. The van der Waals surface area contributed by atoms with Crippen LogP contribution in [0.25, 0.3) is 0 Å². The van der Waals surface area contributed by atoms with Crippen LogP contribution in [0.15, 0.2) is 11.8 Å². The minimum Gasteiger partial charge on any atom is -0.387 e. The van der Waals surface area contributed by atoms with Gasteiger partial charge in [-0.1, -0.05) is 39.0 Å². The Morgan fingerprint density at radius 2 is 1.91 bits per heavy atom. The molecule has 0 heterocycles. The van der Waals surface area contributed by atoms with E-state index >= 15 is 0 Å². The van der Waals surface area contributed by atoms with Crippen LogP contribution in [0.4, 0.5) is 0 Å². The van der Waals surface area contributed by atoms with Crippen LogP contribution in [0.3, 0.4) is 0 Å². The number of ether oxygens (including phenoxy) is 1. The van der Waals surface area contributed by atoms with E-state index in [1.54, 1.807) is 6.20 Å². The smallest absolute Gasteiger partial charge is 0.263 e. The van der Waals surface area contributed by atoms with Crippen molar-refractivity contribution in [2.45, 2.75) is 70.8 Å². The molecule has 1 aliphatic rings. The molecule has 0 saturated heterocycles. The van der Waals surface area contributed by atoms with Crippen LogP contribution in [0, 0.1) is 11.3 Å². The average Bonchev–Trinajstić information content (AvgIpc) is 2.83. The lowest BCUT2D eigenvalue weighted by Crippen LogP contribution is -2.29. The maximum Gasteiger partial charge on any atom is 0.263 e. The van der Waals surface area contributed by atoms with Gasteiger partial charge in [-0.25, -0.2) is 0 Å². The first-order valence-electron chi connectivity index (χ1n) is 9.00. The number of unbranched alkanes of at least 4 members (excludes halogenated alkanes) is 1. The SMILES string of the molecule is CCCCOCCCNC(=O)/C(C#N)=C\NC1CCCCCC1. The van der Waals surface area contributed by atoms with Crippen molar-refractivity contribution in [3.63, 3.8) is 0 Å². The molecule has 0 unspecified atom stereocenters. The normalized spacial score (nSPS) is 16.4. The fourth-order valence-electron chi connectivity index (χ4n) is 2.62. The van der Waals surface area contributed by atoms with E-state index in [9.17, 15) is 4.79 Å². The number of nitriles is 1. The largest absolute Gasteiger partial charge is 0.387 e. The molecule has 0 radical (unpaired) electrons. The minimum absolute atomic E-state index is 0.154. The number of carbonyl (C=O) groups is 1. The lowest BCUT2D eigenvalue weighted by Gasteiger charge is -2.14. The van der Waals surface area contributed by atoms with E-state index in [1.807, 2.05) is 6.07 Å². The predicted octanol–water partition coefficient (Wildman–Crippen LogP) is 3.03. The highest BCUT2D eigenvalue weighted by Crippen LogP contribution is 2.17. The van der Waals surface area contributed by atoms with Gasteiger partial charge in [0.05, 0.1) is 0 Å². The van der Waals surface area contributed by atoms with Crippen LogP contribution in [-0.4, -0.2) is 31.7 Å². The summed E-state index contributed by atoms with van der Waals surface area (Å²) in [5, 5.41) is 15.2. The molecule has 23 heavy (non-hydrogen) atoms. The van der Waals surface area contributed by atoms with Crippen molar-refractivity contribution in [3.05, 3.63) is 11.8 Å². The summed E-state index contributed by atoms with van der Waals surface area (Å²) in [4.78, 5) is 12.0. The standard InChI is InChI=1S/C18H31N3O2/c1-2-3-12-23-13-8-11-20-18(22)16(14-19)15-21-17-9-6-4-5-7-10-17/h15,17,21H,2-13H2,1H3,(H,20,22)/b16-15-. The van der Waals surface area contributed by atoms with Gasteiger partial charge in [-0.2, -0.15) is 5.26 Å². The van der Waals surface area contributed by atoms with Gasteiger partial charge >= 0.3 is 0 Å². The Morgan fingerprint density at radius 1 is 1.22 bits per heavy atom. The van der Waals surface area contributed by atoms with Gasteiger partial charge in [0.25, 0.3) is 5.91 Å². The van der Waals surface area contributed by atoms with Crippen molar-refractivity contribution in [1.82, 2.24) is 10.6 Å². The fraction of sp³-hybridized carbons (Fsp3) is 0.778. The van der Waals surface area contributed by atoms with Crippen LogP contribution in [0.5, 0.6) is 0 Å². The third-order valence-corrected chi connectivity index (χ3v) is 4.08. The highest BCUT2D eigenvalue weighted by atomic mass is 16.5. The summed E-state index contributed by atoms with van der Waals surface area (Å²) >= 11 is 0. The zero-order valence-corrected chi connectivity index (χ0v) is 14.4. The van der Waals surface area contributed by atoms with E-state index in [4.69, 9.17) is 10.00 Å². The minimum atomic E-state index is -0.304. The highest BCUT2D eigenvalue weighted by molar-refractivity contribution is 5.97. The summed E-state index contributed by atoms with van der Waals surface area (Å²) in [6.45, 7) is 4.08. The maximum atomic E-state index is 12.0. The number of hydrogen-bond donors (Lipinski definition) is 2. The van der Waals surface area contributed by atoms with Crippen LogP contribution >= 0.6 is 0 Å². The van der Waals surface area contributed by atoms with E-state index in [0.717, 1.165) is 38.7 Å². The second kappa shape index (κ2) is 13.0. The van der Waals surface area contributed by atoms with Crippen molar-refractivity contribution < 1.29 is 9.53 Å². The van der Waals surface area contributed by atoms with Crippen LogP contribution in [0.1, 0.15) is 64.7 Å². The van der Waals surface area contributed by atoms with Crippen molar-refractivity contribution in [3.8, 4) is 6.07 Å². The molecule has 1 amide bonds. The molecule has 0 atom stereocenters. The van der Waals surface area contributed by atoms with Crippen molar-refractivity contribution >= 4 is 5.91 Å². The molecule has 1 rings (SSSR count). The monoisotopic (exact) mass is 321 g/mol. The second-order valence-electron chi connectivity index (χ2n) is 6.10. The first-order valence-corrected chi connectivity index (χ1v) is 9.00. The summed E-state index contributed by atoms with van der Waals surface area (Å²) < 4.78 is 5.44. The van der Waals surface area contributed by atoms with Gasteiger partial charge in [-0.05, 0) is 25.7 Å². The first kappa shape index (κ1) is 19.5. The molecule has 0 spiro atoms. The molecular weight excluding hydrogens is 290 g/mol. The Hall–Kier alpha value is -1.54. The summed E-state index contributed by atoms with van der Waals surface area (Å²) in [6.07, 6.45) is 11.8. The molecular formula is C18H31N3O2. The Balaban J connectivity index is 2.22. The summed E-state index contributed by atoms with van der Waals surface area (Å²) in [7, 11) is 0. The molecule has 5 heteroatoms. The van der Waals surface area contributed by atoms with Gasteiger partial charge in [-0.3, -0.25) is 4.79 Å². The topological polar surface area (TPSA) is 74.1 Å².